The molecule has 0 fully saturated rings. The molecule has 0 amide bonds. The zero-order chi connectivity index (χ0) is 18.4. The second kappa shape index (κ2) is 8.25. The van der Waals surface area contributed by atoms with Crippen molar-refractivity contribution in [2.24, 2.45) is 0 Å². The van der Waals surface area contributed by atoms with E-state index in [1.807, 2.05) is 55.5 Å². The Balaban J connectivity index is 1.84. The Hall–Kier alpha value is -3.21. The number of nitrogens with zero attached hydrogens (tertiary/aromatic N) is 2. The van der Waals surface area contributed by atoms with Crippen LogP contribution in [0.2, 0.25) is 0 Å². The Kier molecular flexibility index (Phi) is 5.59. The molecule has 0 saturated heterocycles. The number of ketones is 1. The maximum atomic E-state index is 12.6. The molecule has 5 heteroatoms. The standard InChI is InChI=1S/C21H21N3O2/c1-15-3-7-17(8-4-15)24-19(16-5-9-18(26-2)10-6-16)13-21(25)20-14-22-11-12-23-20/h3-12,14,19,24H,13H2,1-2H3. The molecule has 0 aliphatic carbocycles. The number of methoxy groups -OCH3 is 1. The third kappa shape index (κ3) is 4.45. The first-order valence-electron chi connectivity index (χ1n) is 8.42. The van der Waals surface area contributed by atoms with Gasteiger partial charge in [0.05, 0.1) is 19.3 Å². The van der Waals surface area contributed by atoms with Gasteiger partial charge >= 0.3 is 0 Å². The number of carbonyl (C=O) groups is 1. The van der Waals surface area contributed by atoms with Gasteiger partial charge in [0.1, 0.15) is 11.4 Å². The normalized spacial score (nSPS) is 11.6. The fraction of sp³-hybridized carbons (Fsp3) is 0.190. The Labute approximate surface area is 153 Å². The summed E-state index contributed by atoms with van der Waals surface area (Å²) in [6.45, 7) is 2.04. The maximum Gasteiger partial charge on any atom is 0.185 e. The number of nitrogens with one attached hydrogen (secondary N) is 1. The van der Waals surface area contributed by atoms with E-state index in [2.05, 4.69) is 15.3 Å². The van der Waals surface area contributed by atoms with Crippen LogP contribution in [0.1, 0.15) is 34.1 Å². The van der Waals surface area contributed by atoms with E-state index < -0.39 is 0 Å². The number of anilines is 1. The van der Waals surface area contributed by atoms with E-state index in [0.29, 0.717) is 5.69 Å². The zero-order valence-electron chi connectivity index (χ0n) is 14.8. The molecule has 2 aromatic carbocycles. The molecular formula is C21H21N3O2. The Morgan fingerprint density at radius 3 is 2.42 bits per heavy atom. The van der Waals surface area contributed by atoms with Crippen molar-refractivity contribution in [1.29, 1.82) is 0 Å². The molecule has 1 heterocycles. The van der Waals surface area contributed by atoms with Gasteiger partial charge in [-0.15, -0.1) is 0 Å². The first-order valence-corrected chi connectivity index (χ1v) is 8.42. The van der Waals surface area contributed by atoms with Crippen molar-refractivity contribution in [1.82, 2.24) is 9.97 Å². The molecule has 132 valence electrons. The van der Waals surface area contributed by atoms with Gasteiger partial charge in [-0.2, -0.15) is 0 Å². The molecule has 3 rings (SSSR count). The molecule has 26 heavy (non-hydrogen) atoms. The van der Waals surface area contributed by atoms with Gasteiger partial charge < -0.3 is 10.1 Å². The Bertz CT molecular complexity index is 847. The number of hydrogen-bond donors (Lipinski definition) is 1. The highest BCUT2D eigenvalue weighted by atomic mass is 16.5. The molecule has 1 unspecified atom stereocenters. The first-order chi connectivity index (χ1) is 12.7. The van der Waals surface area contributed by atoms with Crippen LogP contribution in [-0.4, -0.2) is 22.9 Å². The molecule has 0 spiro atoms. The largest absolute Gasteiger partial charge is 0.497 e. The summed E-state index contributed by atoms with van der Waals surface area (Å²) in [6.07, 6.45) is 4.86. The van der Waals surface area contributed by atoms with Crippen LogP contribution in [0.25, 0.3) is 0 Å². The predicted molar refractivity (Wildman–Crippen MR) is 102 cm³/mol. The summed E-state index contributed by atoms with van der Waals surface area (Å²) in [4.78, 5) is 20.7. The third-order valence-corrected chi connectivity index (χ3v) is 4.15. The van der Waals surface area contributed by atoms with Crippen molar-refractivity contribution < 1.29 is 9.53 Å². The van der Waals surface area contributed by atoms with Gasteiger partial charge in [-0.05, 0) is 36.8 Å². The Morgan fingerprint density at radius 1 is 1.08 bits per heavy atom. The smallest absolute Gasteiger partial charge is 0.185 e. The van der Waals surface area contributed by atoms with Gasteiger partial charge in [-0.1, -0.05) is 29.8 Å². The first kappa shape index (κ1) is 17.6. The van der Waals surface area contributed by atoms with E-state index >= 15 is 0 Å². The van der Waals surface area contributed by atoms with E-state index in [0.717, 1.165) is 17.0 Å². The van der Waals surface area contributed by atoms with E-state index in [1.54, 1.807) is 13.3 Å². The summed E-state index contributed by atoms with van der Waals surface area (Å²) >= 11 is 0. The number of rotatable bonds is 7. The summed E-state index contributed by atoms with van der Waals surface area (Å²) in [7, 11) is 1.63. The highest BCUT2D eigenvalue weighted by Crippen LogP contribution is 2.26. The lowest BCUT2D eigenvalue weighted by Crippen LogP contribution is -2.16. The fourth-order valence-electron chi connectivity index (χ4n) is 2.67. The lowest BCUT2D eigenvalue weighted by Gasteiger charge is -2.20. The van der Waals surface area contributed by atoms with Gasteiger partial charge in [0.15, 0.2) is 5.78 Å². The molecule has 1 N–H and O–H groups in total. The molecule has 0 bridgehead atoms. The fourth-order valence-corrected chi connectivity index (χ4v) is 2.67. The van der Waals surface area contributed by atoms with Gasteiger partial charge in [-0.3, -0.25) is 9.78 Å². The van der Waals surface area contributed by atoms with Crippen LogP contribution in [0.5, 0.6) is 5.75 Å². The summed E-state index contributed by atoms with van der Waals surface area (Å²) in [5, 5.41) is 3.45. The minimum atomic E-state index is -0.182. The van der Waals surface area contributed by atoms with Crippen LogP contribution in [0.4, 0.5) is 5.69 Å². The molecule has 0 saturated carbocycles. The number of carbonyl (C=O) groups excluding carboxylic acids is 1. The summed E-state index contributed by atoms with van der Waals surface area (Å²) < 4.78 is 5.23. The van der Waals surface area contributed by atoms with Crippen molar-refractivity contribution in [2.75, 3.05) is 12.4 Å². The molecular weight excluding hydrogens is 326 g/mol. The van der Waals surface area contributed by atoms with E-state index in [4.69, 9.17) is 4.74 Å². The number of ether oxygens (including phenoxy) is 1. The van der Waals surface area contributed by atoms with Crippen molar-refractivity contribution in [3.8, 4) is 5.75 Å². The lowest BCUT2D eigenvalue weighted by molar-refractivity contribution is 0.0971. The quantitative estimate of drug-likeness (QED) is 0.648. The summed E-state index contributed by atoms with van der Waals surface area (Å²) in [5.41, 5.74) is 3.52. The molecule has 1 atom stereocenters. The van der Waals surface area contributed by atoms with Crippen molar-refractivity contribution in [3.63, 3.8) is 0 Å². The monoisotopic (exact) mass is 347 g/mol. The van der Waals surface area contributed by atoms with Gasteiger partial charge in [0, 0.05) is 24.5 Å². The number of aromatic nitrogens is 2. The van der Waals surface area contributed by atoms with E-state index in [1.165, 1.54) is 18.0 Å². The van der Waals surface area contributed by atoms with Crippen molar-refractivity contribution in [3.05, 3.63) is 83.9 Å². The van der Waals surface area contributed by atoms with E-state index in [9.17, 15) is 4.79 Å². The third-order valence-electron chi connectivity index (χ3n) is 4.15. The molecule has 5 nitrogen and oxygen atoms in total. The SMILES string of the molecule is COc1ccc(C(CC(=O)c2cnccn2)Nc2ccc(C)cc2)cc1. The van der Waals surface area contributed by atoms with Gasteiger partial charge in [0.2, 0.25) is 0 Å². The van der Waals surface area contributed by atoms with Crippen LogP contribution in [0.15, 0.2) is 67.1 Å². The number of hydrogen-bond acceptors (Lipinski definition) is 5. The van der Waals surface area contributed by atoms with Crippen LogP contribution >= 0.6 is 0 Å². The second-order valence-corrected chi connectivity index (χ2v) is 6.05. The summed E-state index contributed by atoms with van der Waals surface area (Å²) in [5.74, 6) is 0.724. The number of benzene rings is 2. The molecule has 1 aromatic heterocycles. The van der Waals surface area contributed by atoms with Crippen LogP contribution in [0, 0.1) is 6.92 Å². The van der Waals surface area contributed by atoms with Crippen molar-refractivity contribution in [2.45, 2.75) is 19.4 Å². The second-order valence-electron chi connectivity index (χ2n) is 6.05. The molecule has 0 radical (unpaired) electrons. The van der Waals surface area contributed by atoms with Crippen LogP contribution in [-0.2, 0) is 0 Å². The molecule has 3 aromatic rings. The average molecular weight is 347 g/mol. The van der Waals surface area contributed by atoms with Crippen LogP contribution in [0.3, 0.4) is 0 Å². The molecule has 0 aliphatic heterocycles. The Morgan fingerprint density at radius 2 is 1.81 bits per heavy atom. The number of aryl methyl sites for hydroxylation is 1. The lowest BCUT2D eigenvalue weighted by atomic mass is 9.99. The minimum Gasteiger partial charge on any atom is -0.497 e. The predicted octanol–water partition coefficient (Wildman–Crippen LogP) is 4.22. The number of Topliss-reactive ketones (excluding diaryl/α,β-unsaturated/α-hetero) is 1. The highest BCUT2D eigenvalue weighted by molar-refractivity contribution is 5.94. The zero-order valence-corrected chi connectivity index (χ0v) is 14.8. The van der Waals surface area contributed by atoms with Gasteiger partial charge in [-0.25, -0.2) is 4.98 Å². The van der Waals surface area contributed by atoms with Crippen molar-refractivity contribution >= 4 is 11.5 Å². The minimum absolute atomic E-state index is 0.0569. The maximum absolute atomic E-state index is 12.6. The topological polar surface area (TPSA) is 64.1 Å². The van der Waals surface area contributed by atoms with Crippen LogP contribution < -0.4 is 10.1 Å². The van der Waals surface area contributed by atoms with Gasteiger partial charge in [0.25, 0.3) is 0 Å². The molecule has 0 aliphatic rings. The highest BCUT2D eigenvalue weighted by Gasteiger charge is 2.18. The average Bonchev–Trinajstić information content (AvgIpc) is 2.70. The van der Waals surface area contributed by atoms with E-state index in [-0.39, 0.29) is 18.2 Å². The summed E-state index contributed by atoms with van der Waals surface area (Å²) in [6, 6.07) is 15.6.